The molecule has 27 heavy (non-hydrogen) atoms. The normalized spacial score (nSPS) is 12.1. The molecular weight excluding hydrogens is 605 g/mol. The SMILES string of the molecule is O=C(Nc1ccccc1S(=O)(=O)[O-])c1cccc(S(=O)(=O)C(Br)(Br)Br)c1.[Na+]. The molecule has 0 fully saturated rings. The van der Waals surface area contributed by atoms with Crippen LogP contribution in [0.5, 0.6) is 0 Å². The van der Waals surface area contributed by atoms with E-state index in [0.29, 0.717) is 0 Å². The number of hydrogen-bond acceptors (Lipinski definition) is 6. The van der Waals surface area contributed by atoms with Gasteiger partial charge in [-0.15, -0.1) is 0 Å². The summed E-state index contributed by atoms with van der Waals surface area (Å²) in [6.07, 6.45) is 0. The molecule has 13 heteroatoms. The summed E-state index contributed by atoms with van der Waals surface area (Å²) in [6.45, 7) is 0. The van der Waals surface area contributed by atoms with Crippen molar-refractivity contribution in [3.05, 3.63) is 54.1 Å². The molecule has 0 aromatic heterocycles. The van der Waals surface area contributed by atoms with Crippen LogP contribution in [0.2, 0.25) is 0 Å². The van der Waals surface area contributed by atoms with E-state index < -0.39 is 32.2 Å². The van der Waals surface area contributed by atoms with Crippen LogP contribution in [0.1, 0.15) is 10.4 Å². The summed E-state index contributed by atoms with van der Waals surface area (Å²) in [5.74, 6) is -0.775. The largest absolute Gasteiger partial charge is 1.00 e. The summed E-state index contributed by atoms with van der Waals surface area (Å²) < 4.78 is 56.9. The first kappa shape index (κ1) is 25.2. The monoisotopic (exact) mass is 611 g/mol. The predicted molar refractivity (Wildman–Crippen MR) is 105 cm³/mol. The fourth-order valence-electron chi connectivity index (χ4n) is 1.92. The number of anilines is 1. The van der Waals surface area contributed by atoms with Crippen LogP contribution < -0.4 is 34.9 Å². The van der Waals surface area contributed by atoms with Crippen molar-refractivity contribution in [1.29, 1.82) is 0 Å². The molecule has 0 heterocycles. The molecular formula is C14H9Br3NNaO6S2. The average Bonchev–Trinajstić information content (AvgIpc) is 2.53. The third-order valence-electron chi connectivity index (χ3n) is 3.12. The van der Waals surface area contributed by atoms with Gasteiger partial charge in [-0.2, -0.15) is 0 Å². The zero-order chi connectivity index (χ0) is 19.8. The minimum atomic E-state index is -4.79. The molecule has 0 bridgehead atoms. The van der Waals surface area contributed by atoms with Crippen molar-refractivity contribution in [3.63, 3.8) is 0 Å². The second-order valence-corrected chi connectivity index (χ2v) is 16.7. The maximum absolute atomic E-state index is 12.4. The van der Waals surface area contributed by atoms with Crippen LogP contribution in [-0.2, 0) is 20.0 Å². The Labute approximate surface area is 203 Å². The zero-order valence-electron chi connectivity index (χ0n) is 13.5. The molecule has 0 atom stereocenters. The Morgan fingerprint density at radius 3 is 2.11 bits per heavy atom. The molecule has 0 saturated heterocycles. The quantitative estimate of drug-likeness (QED) is 0.303. The first-order valence-electron chi connectivity index (χ1n) is 6.62. The number of rotatable bonds is 4. The molecule has 1 N–H and O–H groups in total. The van der Waals surface area contributed by atoms with Crippen LogP contribution in [0, 0.1) is 0 Å². The maximum Gasteiger partial charge on any atom is 1.00 e. The first-order chi connectivity index (χ1) is 11.8. The van der Waals surface area contributed by atoms with E-state index in [1.54, 1.807) is 0 Å². The third-order valence-corrected chi connectivity index (χ3v) is 9.33. The molecule has 0 unspecified atom stereocenters. The number of hydrogen-bond donors (Lipinski definition) is 1. The number of para-hydroxylation sites is 1. The number of carbonyl (C=O) groups is 1. The van der Waals surface area contributed by atoms with E-state index in [1.807, 2.05) is 0 Å². The Morgan fingerprint density at radius 1 is 0.963 bits per heavy atom. The number of benzene rings is 2. The first-order valence-corrected chi connectivity index (χ1v) is 11.9. The van der Waals surface area contributed by atoms with Crippen molar-refractivity contribution in [2.45, 2.75) is 11.3 Å². The summed E-state index contributed by atoms with van der Waals surface area (Å²) in [5, 5.41) is 2.30. The fraction of sp³-hybridized carbons (Fsp3) is 0.0714. The molecule has 0 spiro atoms. The second-order valence-electron chi connectivity index (χ2n) is 4.88. The van der Waals surface area contributed by atoms with Crippen molar-refractivity contribution in [2.24, 2.45) is 0 Å². The van der Waals surface area contributed by atoms with Gasteiger partial charge in [0.15, 0.2) is 0 Å². The molecule has 0 aliphatic heterocycles. The minimum Gasteiger partial charge on any atom is -0.744 e. The van der Waals surface area contributed by atoms with Gasteiger partial charge in [-0.05, 0) is 78.1 Å². The van der Waals surface area contributed by atoms with Gasteiger partial charge in [0.05, 0.1) is 15.5 Å². The third kappa shape index (κ3) is 6.09. The van der Waals surface area contributed by atoms with Crippen LogP contribution in [0.3, 0.4) is 0 Å². The van der Waals surface area contributed by atoms with Gasteiger partial charge in [0.25, 0.3) is 5.91 Å². The van der Waals surface area contributed by atoms with Crippen molar-refractivity contribution in [1.82, 2.24) is 0 Å². The predicted octanol–water partition coefficient (Wildman–Crippen LogP) is 0.417. The van der Waals surface area contributed by atoms with Gasteiger partial charge < -0.3 is 9.87 Å². The molecule has 0 aliphatic carbocycles. The number of amides is 1. The Bertz CT molecular complexity index is 1070. The van der Waals surface area contributed by atoms with Crippen molar-refractivity contribution in [3.8, 4) is 0 Å². The van der Waals surface area contributed by atoms with Gasteiger partial charge in [0.2, 0.25) is 11.3 Å². The Balaban J connectivity index is 0.00000364. The zero-order valence-corrected chi connectivity index (χ0v) is 21.9. The summed E-state index contributed by atoms with van der Waals surface area (Å²) in [6, 6.07) is 10.2. The van der Waals surface area contributed by atoms with Gasteiger partial charge in [-0.1, -0.05) is 18.2 Å². The van der Waals surface area contributed by atoms with E-state index >= 15 is 0 Å². The number of alkyl halides is 3. The Morgan fingerprint density at radius 2 is 1.56 bits per heavy atom. The van der Waals surface area contributed by atoms with Crippen molar-refractivity contribution >= 4 is 79.3 Å². The molecule has 1 amide bonds. The van der Waals surface area contributed by atoms with Crippen LogP contribution in [-0.4, -0.2) is 28.8 Å². The smallest absolute Gasteiger partial charge is 0.744 e. The molecule has 2 aromatic rings. The van der Waals surface area contributed by atoms with Gasteiger partial charge in [-0.3, -0.25) is 4.79 Å². The van der Waals surface area contributed by atoms with E-state index in [-0.39, 0.29) is 45.7 Å². The van der Waals surface area contributed by atoms with E-state index in [9.17, 15) is 26.2 Å². The van der Waals surface area contributed by atoms with Gasteiger partial charge in [-0.25, -0.2) is 16.8 Å². The van der Waals surface area contributed by atoms with Crippen molar-refractivity contribution < 1.29 is 55.7 Å². The number of sulfone groups is 1. The van der Waals surface area contributed by atoms with E-state index in [0.717, 1.165) is 12.1 Å². The van der Waals surface area contributed by atoms with Crippen LogP contribution in [0.15, 0.2) is 58.3 Å². The van der Waals surface area contributed by atoms with Crippen LogP contribution in [0.25, 0.3) is 0 Å². The minimum absolute atomic E-state index is 0. The maximum atomic E-state index is 12.4. The summed E-state index contributed by atoms with van der Waals surface area (Å²) in [7, 11) is -8.70. The second kappa shape index (κ2) is 9.35. The number of halogens is 3. The standard InChI is InChI=1S/C14H10Br3NO6S2.Na/c15-14(16,17)25(20,21)10-5-3-4-9(8-10)13(19)18-11-6-1-2-7-12(11)26(22,23)24;/h1-8H,(H,18,19)(H,22,23,24);/q;+1/p-1. The number of carbonyl (C=O) groups excluding carboxylic acids is 1. The average molecular weight is 614 g/mol. The number of nitrogens with one attached hydrogen (secondary N) is 1. The summed E-state index contributed by atoms with van der Waals surface area (Å²) >= 11 is 8.78. The topological polar surface area (TPSA) is 120 Å². The molecule has 0 aliphatic rings. The summed E-state index contributed by atoms with van der Waals surface area (Å²) in [4.78, 5) is 11.6. The molecule has 0 saturated carbocycles. The molecule has 140 valence electrons. The van der Waals surface area contributed by atoms with Crippen LogP contribution >= 0.6 is 47.8 Å². The molecule has 2 aromatic carbocycles. The Hall–Kier alpha value is 0.210. The molecule has 0 radical (unpaired) electrons. The van der Waals surface area contributed by atoms with E-state index in [4.69, 9.17) is 0 Å². The molecule has 2 rings (SSSR count). The van der Waals surface area contributed by atoms with E-state index in [1.165, 1.54) is 36.4 Å². The Kier molecular flexibility index (Phi) is 8.74. The van der Waals surface area contributed by atoms with Gasteiger partial charge in [0, 0.05) is 5.56 Å². The summed E-state index contributed by atoms with van der Waals surface area (Å²) in [5.41, 5.74) is -0.238. The van der Waals surface area contributed by atoms with Gasteiger partial charge >= 0.3 is 29.6 Å². The van der Waals surface area contributed by atoms with Crippen LogP contribution in [0.4, 0.5) is 5.69 Å². The fourth-order valence-corrected chi connectivity index (χ4v) is 5.04. The molecule has 7 nitrogen and oxygen atoms in total. The van der Waals surface area contributed by atoms with Gasteiger partial charge in [0.1, 0.15) is 10.1 Å². The van der Waals surface area contributed by atoms with E-state index in [2.05, 4.69) is 53.1 Å². The van der Waals surface area contributed by atoms with Crippen molar-refractivity contribution in [2.75, 3.05) is 5.32 Å².